The zero-order chi connectivity index (χ0) is 12.1. The van der Waals surface area contributed by atoms with E-state index in [0.29, 0.717) is 10.7 Å². The molecule has 0 radical (unpaired) electrons. The van der Waals surface area contributed by atoms with E-state index in [2.05, 4.69) is 10.3 Å². The molecule has 1 aromatic rings. The summed E-state index contributed by atoms with van der Waals surface area (Å²) in [6.07, 6.45) is 6.70. The van der Waals surface area contributed by atoms with E-state index in [1.165, 1.54) is 12.6 Å². The molecule has 2 heterocycles. The van der Waals surface area contributed by atoms with Crippen molar-refractivity contribution in [2.45, 2.75) is 19.3 Å². The Kier molecular flexibility index (Phi) is 4.03. The lowest BCUT2D eigenvalue weighted by Crippen LogP contribution is -2.44. The molecule has 1 aliphatic rings. The summed E-state index contributed by atoms with van der Waals surface area (Å²) in [5.41, 5.74) is 0.534. The van der Waals surface area contributed by atoms with Gasteiger partial charge in [-0.15, -0.1) is 0 Å². The second kappa shape index (κ2) is 5.72. The molecule has 17 heavy (non-hydrogen) atoms. The van der Waals surface area contributed by atoms with Crippen LogP contribution in [0.3, 0.4) is 0 Å². The largest absolute Gasteiger partial charge is 0.349 e. The van der Waals surface area contributed by atoms with Gasteiger partial charge in [-0.05, 0) is 43.6 Å². The molecule has 0 aromatic carbocycles. The number of nitrogens with one attached hydrogen (secondary N) is 1. The topological polar surface area (TPSA) is 45.2 Å². The summed E-state index contributed by atoms with van der Waals surface area (Å²) in [6.45, 7) is 1.87. The highest BCUT2D eigenvalue weighted by molar-refractivity contribution is 7.80. The van der Waals surface area contributed by atoms with Gasteiger partial charge in [0, 0.05) is 25.5 Å². The van der Waals surface area contributed by atoms with E-state index in [4.69, 9.17) is 12.2 Å². The number of rotatable bonds is 1. The molecule has 0 aliphatic carbocycles. The maximum absolute atomic E-state index is 11.8. The molecule has 0 bridgehead atoms. The Bertz CT molecular complexity index is 401. The SMILES string of the molecule is O=C(NC(=S)N1CCCCC1)c1cccnc1. The predicted molar refractivity (Wildman–Crippen MR) is 69.7 cm³/mol. The van der Waals surface area contributed by atoms with Crippen LogP contribution in [-0.4, -0.2) is 34.0 Å². The van der Waals surface area contributed by atoms with E-state index in [-0.39, 0.29) is 5.91 Å². The fraction of sp³-hybridized carbons (Fsp3) is 0.417. The summed E-state index contributed by atoms with van der Waals surface area (Å²) in [5, 5.41) is 3.27. The smallest absolute Gasteiger partial charge is 0.258 e. The average molecular weight is 249 g/mol. The normalized spacial score (nSPS) is 15.4. The van der Waals surface area contributed by atoms with E-state index in [9.17, 15) is 4.79 Å². The summed E-state index contributed by atoms with van der Waals surface area (Å²) in [5.74, 6) is -0.186. The van der Waals surface area contributed by atoms with E-state index >= 15 is 0 Å². The molecule has 0 unspecified atom stereocenters. The Balaban J connectivity index is 1.92. The highest BCUT2D eigenvalue weighted by atomic mass is 32.1. The molecular weight excluding hydrogens is 234 g/mol. The lowest BCUT2D eigenvalue weighted by Gasteiger charge is -2.28. The lowest BCUT2D eigenvalue weighted by atomic mass is 10.1. The fourth-order valence-corrected chi connectivity index (χ4v) is 2.12. The van der Waals surface area contributed by atoms with Crippen molar-refractivity contribution in [3.63, 3.8) is 0 Å². The third kappa shape index (κ3) is 3.23. The molecule has 0 spiro atoms. The van der Waals surface area contributed by atoms with E-state index in [0.717, 1.165) is 25.9 Å². The van der Waals surface area contributed by atoms with Gasteiger partial charge in [-0.2, -0.15) is 0 Å². The molecule has 1 fully saturated rings. The first-order valence-electron chi connectivity index (χ1n) is 5.77. The highest BCUT2D eigenvalue weighted by Crippen LogP contribution is 2.08. The number of hydrogen-bond donors (Lipinski definition) is 1. The van der Waals surface area contributed by atoms with Crippen LogP contribution < -0.4 is 5.32 Å². The van der Waals surface area contributed by atoms with Gasteiger partial charge in [-0.3, -0.25) is 15.1 Å². The van der Waals surface area contributed by atoms with Crippen LogP contribution in [-0.2, 0) is 0 Å². The number of pyridine rings is 1. The minimum atomic E-state index is -0.186. The van der Waals surface area contributed by atoms with Crippen molar-refractivity contribution in [1.29, 1.82) is 0 Å². The quantitative estimate of drug-likeness (QED) is 0.768. The van der Waals surface area contributed by atoms with Crippen molar-refractivity contribution in [3.05, 3.63) is 30.1 Å². The van der Waals surface area contributed by atoms with Crippen LogP contribution in [0.15, 0.2) is 24.5 Å². The average Bonchev–Trinajstić information content (AvgIpc) is 2.40. The first-order chi connectivity index (χ1) is 8.27. The predicted octanol–water partition coefficient (Wildman–Crippen LogP) is 1.58. The maximum Gasteiger partial charge on any atom is 0.258 e. The Morgan fingerprint density at radius 3 is 2.76 bits per heavy atom. The Labute approximate surface area is 106 Å². The summed E-state index contributed by atoms with van der Waals surface area (Å²) in [7, 11) is 0. The molecule has 5 heteroatoms. The van der Waals surface area contributed by atoms with E-state index in [1.807, 2.05) is 4.90 Å². The number of nitrogens with zero attached hydrogens (tertiary/aromatic N) is 2. The van der Waals surface area contributed by atoms with Gasteiger partial charge in [0.1, 0.15) is 0 Å². The third-order valence-electron chi connectivity index (χ3n) is 2.79. The van der Waals surface area contributed by atoms with E-state index in [1.54, 1.807) is 18.3 Å². The van der Waals surface area contributed by atoms with Crippen LogP contribution in [0.2, 0.25) is 0 Å². The summed E-state index contributed by atoms with van der Waals surface area (Å²) in [6, 6.07) is 3.46. The van der Waals surface area contributed by atoms with Gasteiger partial charge < -0.3 is 4.90 Å². The van der Waals surface area contributed by atoms with Crippen molar-refractivity contribution in [2.75, 3.05) is 13.1 Å². The van der Waals surface area contributed by atoms with Crippen LogP contribution in [0.25, 0.3) is 0 Å². The minimum Gasteiger partial charge on any atom is -0.349 e. The number of carbonyl (C=O) groups is 1. The molecule has 1 N–H and O–H groups in total. The Morgan fingerprint density at radius 2 is 2.12 bits per heavy atom. The van der Waals surface area contributed by atoms with Gasteiger partial charge in [-0.1, -0.05) is 0 Å². The second-order valence-electron chi connectivity index (χ2n) is 4.05. The monoisotopic (exact) mass is 249 g/mol. The molecule has 1 amide bonds. The number of carbonyl (C=O) groups excluding carboxylic acids is 1. The van der Waals surface area contributed by atoms with Crippen molar-refractivity contribution in [3.8, 4) is 0 Å². The molecule has 4 nitrogen and oxygen atoms in total. The van der Waals surface area contributed by atoms with Gasteiger partial charge in [0.25, 0.3) is 5.91 Å². The first kappa shape index (κ1) is 12.0. The number of hydrogen-bond acceptors (Lipinski definition) is 3. The first-order valence-corrected chi connectivity index (χ1v) is 6.18. The standard InChI is InChI=1S/C12H15N3OS/c16-11(10-5-4-6-13-9-10)14-12(17)15-7-2-1-3-8-15/h4-6,9H,1-3,7-8H2,(H,14,16,17). The van der Waals surface area contributed by atoms with Gasteiger partial charge in [0.2, 0.25) is 0 Å². The minimum absolute atomic E-state index is 0.186. The van der Waals surface area contributed by atoms with Crippen LogP contribution in [0, 0.1) is 0 Å². The van der Waals surface area contributed by atoms with Crippen molar-refractivity contribution in [2.24, 2.45) is 0 Å². The van der Waals surface area contributed by atoms with Gasteiger partial charge in [-0.25, -0.2) is 0 Å². The molecule has 90 valence electrons. The number of piperidine rings is 1. The van der Waals surface area contributed by atoms with Crippen LogP contribution in [0.1, 0.15) is 29.6 Å². The van der Waals surface area contributed by atoms with Crippen molar-refractivity contribution in [1.82, 2.24) is 15.2 Å². The zero-order valence-corrected chi connectivity index (χ0v) is 10.4. The second-order valence-corrected chi connectivity index (χ2v) is 4.44. The number of thiocarbonyl (C=S) groups is 1. The summed E-state index contributed by atoms with van der Waals surface area (Å²) >= 11 is 5.22. The number of amides is 1. The fourth-order valence-electron chi connectivity index (χ4n) is 1.84. The zero-order valence-electron chi connectivity index (χ0n) is 9.56. The van der Waals surface area contributed by atoms with Crippen LogP contribution in [0.5, 0.6) is 0 Å². The van der Waals surface area contributed by atoms with Gasteiger partial charge in [0.05, 0.1) is 5.56 Å². The van der Waals surface area contributed by atoms with Crippen LogP contribution >= 0.6 is 12.2 Å². The van der Waals surface area contributed by atoms with Gasteiger partial charge >= 0.3 is 0 Å². The van der Waals surface area contributed by atoms with Gasteiger partial charge in [0.15, 0.2) is 5.11 Å². The Hall–Kier alpha value is -1.49. The number of likely N-dealkylation sites (tertiary alicyclic amines) is 1. The molecule has 1 aliphatic heterocycles. The molecule has 1 aromatic heterocycles. The molecule has 0 atom stereocenters. The van der Waals surface area contributed by atoms with Crippen LogP contribution in [0.4, 0.5) is 0 Å². The molecular formula is C12H15N3OS. The molecule has 0 saturated carbocycles. The lowest BCUT2D eigenvalue weighted by molar-refractivity contribution is 0.0972. The third-order valence-corrected chi connectivity index (χ3v) is 3.15. The summed E-state index contributed by atoms with van der Waals surface area (Å²) in [4.78, 5) is 17.8. The highest BCUT2D eigenvalue weighted by Gasteiger charge is 2.15. The van der Waals surface area contributed by atoms with Crippen molar-refractivity contribution < 1.29 is 4.79 Å². The maximum atomic E-state index is 11.8. The molecule has 1 saturated heterocycles. The summed E-state index contributed by atoms with van der Waals surface area (Å²) < 4.78 is 0. The molecule has 2 rings (SSSR count). The number of aromatic nitrogens is 1. The van der Waals surface area contributed by atoms with E-state index < -0.39 is 0 Å². The Morgan fingerprint density at radius 1 is 1.35 bits per heavy atom. The van der Waals surface area contributed by atoms with Crippen molar-refractivity contribution >= 4 is 23.2 Å².